The number of carbonyl (C=O) groups is 1. The molecule has 2 heterocycles. The SMILES string of the molecule is N#Cc1ccc(C(=O)Nc2ccc(F)c([C@@]3(C(F)F)CCOC(N)=N3)c2)nc1. The molecule has 2 aromatic rings. The second-order valence-corrected chi connectivity index (χ2v) is 5.97. The van der Waals surface area contributed by atoms with E-state index in [1.807, 2.05) is 6.07 Å². The van der Waals surface area contributed by atoms with Gasteiger partial charge in [0, 0.05) is 23.9 Å². The topological polar surface area (TPSA) is 113 Å². The van der Waals surface area contributed by atoms with Crippen molar-refractivity contribution in [1.82, 2.24) is 4.98 Å². The fourth-order valence-electron chi connectivity index (χ4n) is 2.79. The van der Waals surface area contributed by atoms with Gasteiger partial charge in [-0.1, -0.05) is 0 Å². The van der Waals surface area contributed by atoms with E-state index in [9.17, 15) is 18.0 Å². The quantitative estimate of drug-likeness (QED) is 0.834. The number of nitrogens with zero attached hydrogens (tertiary/aromatic N) is 3. The van der Waals surface area contributed by atoms with Crippen molar-refractivity contribution in [2.75, 3.05) is 11.9 Å². The number of pyridine rings is 1. The van der Waals surface area contributed by atoms with Gasteiger partial charge in [0.25, 0.3) is 18.4 Å². The Hall–Kier alpha value is -3.61. The Morgan fingerprint density at radius 3 is 2.75 bits per heavy atom. The molecule has 28 heavy (non-hydrogen) atoms. The minimum atomic E-state index is -3.05. The second kappa shape index (κ2) is 7.56. The molecule has 10 heteroatoms. The fourth-order valence-corrected chi connectivity index (χ4v) is 2.79. The number of aromatic nitrogens is 1. The van der Waals surface area contributed by atoms with Crippen molar-refractivity contribution in [1.29, 1.82) is 5.26 Å². The molecule has 0 aliphatic carbocycles. The number of benzene rings is 1. The lowest BCUT2D eigenvalue weighted by Crippen LogP contribution is -2.41. The highest BCUT2D eigenvalue weighted by atomic mass is 19.3. The fraction of sp³-hybridized carbons (Fsp3) is 0.222. The van der Waals surface area contributed by atoms with Crippen molar-refractivity contribution in [3.63, 3.8) is 0 Å². The molecular formula is C18H14F3N5O2. The van der Waals surface area contributed by atoms with E-state index in [1.165, 1.54) is 24.4 Å². The van der Waals surface area contributed by atoms with Crippen LogP contribution >= 0.6 is 0 Å². The molecule has 1 aliphatic rings. The van der Waals surface area contributed by atoms with Gasteiger partial charge in [-0.15, -0.1) is 0 Å². The molecule has 1 aliphatic heterocycles. The van der Waals surface area contributed by atoms with Crippen molar-refractivity contribution >= 4 is 17.6 Å². The van der Waals surface area contributed by atoms with Crippen LogP contribution in [0.15, 0.2) is 41.5 Å². The number of halogens is 3. The van der Waals surface area contributed by atoms with Gasteiger partial charge in [0.2, 0.25) is 0 Å². The van der Waals surface area contributed by atoms with E-state index < -0.39 is 35.3 Å². The van der Waals surface area contributed by atoms with Crippen LogP contribution in [0.5, 0.6) is 0 Å². The van der Waals surface area contributed by atoms with E-state index in [0.717, 1.165) is 12.1 Å². The van der Waals surface area contributed by atoms with Gasteiger partial charge in [0.15, 0.2) is 5.54 Å². The third-order valence-corrected chi connectivity index (χ3v) is 4.22. The largest absolute Gasteiger partial charge is 0.465 e. The van der Waals surface area contributed by atoms with Crippen molar-refractivity contribution < 1.29 is 22.7 Å². The van der Waals surface area contributed by atoms with Gasteiger partial charge in [-0.3, -0.25) is 4.79 Å². The average Bonchev–Trinajstić information content (AvgIpc) is 2.69. The molecular weight excluding hydrogens is 375 g/mol. The van der Waals surface area contributed by atoms with Gasteiger partial charge in [0.05, 0.1) is 12.2 Å². The number of hydrogen-bond acceptors (Lipinski definition) is 6. The summed E-state index contributed by atoms with van der Waals surface area (Å²) in [5.41, 5.74) is 3.16. The summed E-state index contributed by atoms with van der Waals surface area (Å²) in [4.78, 5) is 19.8. The monoisotopic (exact) mass is 389 g/mol. The van der Waals surface area contributed by atoms with Gasteiger partial charge in [0.1, 0.15) is 17.6 Å². The molecule has 1 aromatic heterocycles. The van der Waals surface area contributed by atoms with Crippen molar-refractivity contribution in [3.05, 3.63) is 59.2 Å². The van der Waals surface area contributed by atoms with Crippen molar-refractivity contribution in [3.8, 4) is 6.07 Å². The smallest absolute Gasteiger partial charge is 0.283 e. The number of nitriles is 1. The second-order valence-electron chi connectivity index (χ2n) is 5.97. The van der Waals surface area contributed by atoms with E-state index in [-0.39, 0.29) is 30.0 Å². The maximum absolute atomic E-state index is 14.4. The van der Waals surface area contributed by atoms with Crippen LogP contribution in [0, 0.1) is 17.1 Å². The lowest BCUT2D eigenvalue weighted by molar-refractivity contribution is 0.0247. The Bertz CT molecular complexity index is 972. The highest BCUT2D eigenvalue weighted by Gasteiger charge is 2.46. The minimum absolute atomic E-state index is 0.00165. The Morgan fingerprint density at radius 1 is 1.36 bits per heavy atom. The normalized spacial score (nSPS) is 18.8. The van der Waals surface area contributed by atoms with Gasteiger partial charge >= 0.3 is 0 Å². The zero-order chi connectivity index (χ0) is 20.3. The third-order valence-electron chi connectivity index (χ3n) is 4.22. The molecule has 3 N–H and O–H groups in total. The van der Waals surface area contributed by atoms with Crippen LogP contribution < -0.4 is 11.1 Å². The summed E-state index contributed by atoms with van der Waals surface area (Å²) >= 11 is 0. The number of nitrogens with two attached hydrogens (primary N) is 1. The summed E-state index contributed by atoms with van der Waals surface area (Å²) in [5, 5.41) is 11.2. The third kappa shape index (κ3) is 3.59. The number of alkyl halides is 2. The molecule has 0 saturated heterocycles. The molecule has 0 saturated carbocycles. The molecule has 1 atom stereocenters. The van der Waals surface area contributed by atoms with Crippen molar-refractivity contribution in [2.45, 2.75) is 18.4 Å². The van der Waals surface area contributed by atoms with E-state index in [0.29, 0.717) is 0 Å². The first-order valence-electron chi connectivity index (χ1n) is 8.09. The number of nitrogens with one attached hydrogen (secondary N) is 1. The number of carbonyl (C=O) groups excluding carboxylic acids is 1. The van der Waals surface area contributed by atoms with Crippen LogP contribution in [0.3, 0.4) is 0 Å². The van der Waals surface area contributed by atoms with Gasteiger partial charge in [-0.05, 0) is 30.3 Å². The Kier molecular flexibility index (Phi) is 5.17. The number of aliphatic imine (C=N–C) groups is 1. The van der Waals surface area contributed by atoms with Crippen LogP contribution in [-0.2, 0) is 10.3 Å². The van der Waals surface area contributed by atoms with E-state index in [4.69, 9.17) is 15.7 Å². The molecule has 0 unspecified atom stereocenters. The lowest BCUT2D eigenvalue weighted by atomic mass is 9.86. The molecule has 0 radical (unpaired) electrons. The molecule has 7 nitrogen and oxygen atoms in total. The predicted molar refractivity (Wildman–Crippen MR) is 93.2 cm³/mol. The summed E-state index contributed by atoms with van der Waals surface area (Å²) in [6, 6.07) is 7.43. The number of ether oxygens (including phenoxy) is 1. The van der Waals surface area contributed by atoms with Crippen LogP contribution in [0.4, 0.5) is 18.9 Å². The summed E-state index contributed by atoms with van der Waals surface area (Å²) in [7, 11) is 0. The highest BCUT2D eigenvalue weighted by molar-refractivity contribution is 6.02. The van der Waals surface area contributed by atoms with E-state index in [2.05, 4.69) is 15.3 Å². The van der Waals surface area contributed by atoms with E-state index >= 15 is 0 Å². The maximum Gasteiger partial charge on any atom is 0.283 e. The molecule has 144 valence electrons. The predicted octanol–water partition coefficient (Wildman–Crippen LogP) is 2.54. The lowest BCUT2D eigenvalue weighted by Gasteiger charge is -2.33. The molecule has 0 bridgehead atoms. The first-order valence-corrected chi connectivity index (χ1v) is 8.09. The molecule has 0 spiro atoms. The van der Waals surface area contributed by atoms with Gasteiger partial charge in [-0.25, -0.2) is 23.1 Å². The molecule has 0 fully saturated rings. The zero-order valence-electron chi connectivity index (χ0n) is 14.3. The minimum Gasteiger partial charge on any atom is -0.465 e. The van der Waals surface area contributed by atoms with Crippen LogP contribution in [0.1, 0.15) is 28.0 Å². The van der Waals surface area contributed by atoms with Crippen LogP contribution in [0.2, 0.25) is 0 Å². The number of anilines is 1. The van der Waals surface area contributed by atoms with Gasteiger partial charge in [-0.2, -0.15) is 5.26 Å². The Labute approximate surface area is 157 Å². The highest BCUT2D eigenvalue weighted by Crippen LogP contribution is 2.40. The maximum atomic E-state index is 14.4. The van der Waals surface area contributed by atoms with E-state index in [1.54, 1.807) is 0 Å². The van der Waals surface area contributed by atoms with Crippen molar-refractivity contribution in [2.24, 2.45) is 10.7 Å². The summed E-state index contributed by atoms with van der Waals surface area (Å²) in [6.45, 7) is -0.148. The number of amides is 1. The Morgan fingerprint density at radius 2 is 2.14 bits per heavy atom. The molecule has 1 aromatic carbocycles. The summed E-state index contributed by atoms with van der Waals surface area (Å²) < 4.78 is 47.0. The number of amidine groups is 1. The molecule has 1 amide bonds. The average molecular weight is 389 g/mol. The summed E-state index contributed by atoms with van der Waals surface area (Å²) in [6.07, 6.45) is -2.11. The number of rotatable bonds is 4. The molecule has 3 rings (SSSR count). The Balaban J connectivity index is 1.93. The number of hydrogen-bond donors (Lipinski definition) is 2. The first-order chi connectivity index (χ1) is 13.4. The standard InChI is InChI=1S/C18H14F3N5O2/c19-13-3-2-11(25-15(27)14-4-1-10(8-22)9-24-14)7-12(13)18(16(20)21)5-6-28-17(23)26-18/h1-4,7,9,16H,5-6H2,(H2,23,26)(H,25,27)/t18-/m1/s1. The summed E-state index contributed by atoms with van der Waals surface area (Å²) in [5.74, 6) is -1.56. The first kappa shape index (κ1) is 19.2. The van der Waals surface area contributed by atoms with Crippen LogP contribution in [0.25, 0.3) is 0 Å². The van der Waals surface area contributed by atoms with Crippen LogP contribution in [-0.4, -0.2) is 29.9 Å². The zero-order valence-corrected chi connectivity index (χ0v) is 14.3. The van der Waals surface area contributed by atoms with Gasteiger partial charge < -0.3 is 15.8 Å².